The molecule has 182 valence electrons. The molecule has 0 saturated carbocycles. The number of hydrazine groups is 1. The van der Waals surface area contributed by atoms with Gasteiger partial charge < -0.3 is 24.6 Å². The first-order valence-electron chi connectivity index (χ1n) is 12.3. The Kier molecular flexibility index (Phi) is 6.58. The Labute approximate surface area is 195 Å². The molecule has 4 aliphatic rings. The van der Waals surface area contributed by atoms with Gasteiger partial charge in [0.2, 0.25) is 5.95 Å². The monoisotopic (exact) mass is 459 g/mol. The van der Waals surface area contributed by atoms with E-state index in [4.69, 9.17) is 19.4 Å². The van der Waals surface area contributed by atoms with E-state index in [1.807, 2.05) is 4.90 Å². The SMILES string of the molecule is COC(=O)N1[C@@H]2CCC[C@H]1CC(N(C)c1nc(NC3CC(C)NN3)cc(C3CCOC3)n1)C2. The van der Waals surface area contributed by atoms with E-state index in [2.05, 4.69) is 41.1 Å². The Balaban J connectivity index is 1.37. The summed E-state index contributed by atoms with van der Waals surface area (Å²) in [6, 6.07) is 3.22. The van der Waals surface area contributed by atoms with E-state index in [0.29, 0.717) is 18.6 Å². The summed E-state index contributed by atoms with van der Waals surface area (Å²) < 4.78 is 10.7. The molecule has 1 aromatic heterocycles. The van der Waals surface area contributed by atoms with Crippen molar-refractivity contribution in [2.24, 2.45) is 0 Å². The molecule has 4 unspecified atom stereocenters. The van der Waals surface area contributed by atoms with Gasteiger partial charge in [0.15, 0.2) is 0 Å². The number of amides is 1. The van der Waals surface area contributed by atoms with Crippen LogP contribution in [0.3, 0.4) is 0 Å². The number of rotatable bonds is 5. The highest BCUT2D eigenvalue weighted by Crippen LogP contribution is 2.37. The molecule has 33 heavy (non-hydrogen) atoms. The highest BCUT2D eigenvalue weighted by Gasteiger charge is 2.43. The van der Waals surface area contributed by atoms with Gasteiger partial charge in [-0.15, -0.1) is 0 Å². The molecule has 1 amide bonds. The van der Waals surface area contributed by atoms with E-state index in [0.717, 1.165) is 62.6 Å². The van der Waals surface area contributed by atoms with Crippen LogP contribution in [0.4, 0.5) is 16.6 Å². The molecule has 5 heterocycles. The van der Waals surface area contributed by atoms with Crippen LogP contribution in [0.25, 0.3) is 0 Å². The van der Waals surface area contributed by atoms with Gasteiger partial charge in [0.25, 0.3) is 0 Å². The van der Waals surface area contributed by atoms with Gasteiger partial charge in [-0.1, -0.05) is 0 Å². The topological polar surface area (TPSA) is 104 Å². The zero-order valence-corrected chi connectivity index (χ0v) is 19.9. The summed E-state index contributed by atoms with van der Waals surface area (Å²) in [5, 5.41) is 3.54. The zero-order chi connectivity index (χ0) is 22.9. The number of ether oxygens (including phenoxy) is 2. The number of aromatic nitrogens is 2. The Morgan fingerprint density at radius 1 is 1.21 bits per heavy atom. The van der Waals surface area contributed by atoms with Gasteiger partial charge in [0, 0.05) is 49.8 Å². The van der Waals surface area contributed by atoms with Crippen molar-refractivity contribution in [3.63, 3.8) is 0 Å². The summed E-state index contributed by atoms with van der Waals surface area (Å²) >= 11 is 0. The molecule has 10 nitrogen and oxygen atoms in total. The van der Waals surface area contributed by atoms with Crippen molar-refractivity contribution in [1.29, 1.82) is 0 Å². The van der Waals surface area contributed by atoms with Crippen LogP contribution >= 0.6 is 0 Å². The summed E-state index contributed by atoms with van der Waals surface area (Å²) in [4.78, 5) is 26.5. The van der Waals surface area contributed by atoms with Crippen LogP contribution in [-0.2, 0) is 9.47 Å². The number of carbonyl (C=O) groups is 1. The molecule has 0 aromatic carbocycles. The van der Waals surface area contributed by atoms with E-state index in [1.165, 1.54) is 13.5 Å². The zero-order valence-electron chi connectivity index (χ0n) is 19.9. The number of methoxy groups -OCH3 is 1. The van der Waals surface area contributed by atoms with Crippen molar-refractivity contribution >= 4 is 17.9 Å². The molecule has 5 rings (SSSR count). The van der Waals surface area contributed by atoms with Crippen LogP contribution < -0.4 is 21.1 Å². The fourth-order valence-corrected chi connectivity index (χ4v) is 5.88. The number of fused-ring (bicyclic) bond motifs is 2. The lowest BCUT2D eigenvalue weighted by Gasteiger charge is -2.49. The normalized spacial score (nSPS) is 33.7. The number of piperidine rings is 2. The second-order valence-electron chi connectivity index (χ2n) is 10.0. The van der Waals surface area contributed by atoms with Crippen LogP contribution in [-0.4, -0.2) is 78.7 Å². The molecule has 4 aliphatic heterocycles. The first kappa shape index (κ1) is 22.6. The standard InChI is InChI=1S/C23H37N7O3/c1-14-9-21(28-27-14)25-20-12-19(15-7-8-33-13-15)24-22(26-20)29(2)18-10-16-5-4-6-17(11-18)30(16)23(31)32-3/h12,14-18,21,27-28H,4-11,13H2,1-3H3,(H,24,25,26)/t14?,15?,16-,17+,18?,21?. The largest absolute Gasteiger partial charge is 0.453 e. The van der Waals surface area contributed by atoms with Crippen molar-refractivity contribution in [2.75, 3.05) is 37.6 Å². The molecule has 0 spiro atoms. The number of hydrogen-bond donors (Lipinski definition) is 3. The van der Waals surface area contributed by atoms with Crippen molar-refractivity contribution in [3.05, 3.63) is 11.8 Å². The summed E-state index contributed by atoms with van der Waals surface area (Å²) in [5.74, 6) is 1.89. The van der Waals surface area contributed by atoms with Crippen LogP contribution in [0.15, 0.2) is 6.07 Å². The fourth-order valence-electron chi connectivity index (χ4n) is 5.88. The summed E-state index contributed by atoms with van der Waals surface area (Å²) in [7, 11) is 3.58. The molecule has 4 saturated heterocycles. The molecule has 2 bridgehead atoms. The van der Waals surface area contributed by atoms with Crippen LogP contribution in [0.2, 0.25) is 0 Å². The smallest absolute Gasteiger partial charge is 0.409 e. The minimum Gasteiger partial charge on any atom is -0.453 e. The number of anilines is 2. The van der Waals surface area contributed by atoms with Crippen LogP contribution in [0, 0.1) is 0 Å². The van der Waals surface area contributed by atoms with Gasteiger partial charge in [0.05, 0.1) is 25.6 Å². The lowest BCUT2D eigenvalue weighted by Crippen LogP contribution is -2.58. The highest BCUT2D eigenvalue weighted by atomic mass is 16.5. The number of nitrogens with zero attached hydrogens (tertiary/aromatic N) is 4. The summed E-state index contributed by atoms with van der Waals surface area (Å²) in [6.45, 7) is 3.65. The molecule has 4 fully saturated rings. The van der Waals surface area contributed by atoms with E-state index in [-0.39, 0.29) is 30.4 Å². The van der Waals surface area contributed by atoms with E-state index in [9.17, 15) is 4.79 Å². The molecular formula is C23H37N7O3. The first-order valence-corrected chi connectivity index (χ1v) is 12.3. The Hall–Kier alpha value is -2.17. The lowest BCUT2D eigenvalue weighted by molar-refractivity contribution is 0.0260. The second-order valence-corrected chi connectivity index (χ2v) is 10.0. The van der Waals surface area contributed by atoms with Crippen LogP contribution in [0.5, 0.6) is 0 Å². The molecular weight excluding hydrogens is 422 g/mol. The quantitative estimate of drug-likeness (QED) is 0.611. The molecule has 1 aromatic rings. The average molecular weight is 460 g/mol. The van der Waals surface area contributed by atoms with Crippen molar-refractivity contribution in [3.8, 4) is 0 Å². The van der Waals surface area contributed by atoms with Gasteiger partial charge in [-0.2, -0.15) is 4.98 Å². The Morgan fingerprint density at radius 3 is 2.64 bits per heavy atom. The molecule has 6 atom stereocenters. The van der Waals surface area contributed by atoms with Gasteiger partial charge in [-0.25, -0.2) is 15.2 Å². The van der Waals surface area contributed by atoms with Crippen LogP contribution in [0.1, 0.15) is 63.5 Å². The predicted octanol–water partition coefficient (Wildman–Crippen LogP) is 2.19. The number of carbonyl (C=O) groups excluding carboxylic acids is 1. The third kappa shape index (κ3) is 4.74. The molecule has 3 N–H and O–H groups in total. The number of nitrogens with one attached hydrogen (secondary N) is 3. The molecule has 10 heteroatoms. The second kappa shape index (κ2) is 9.60. The minimum atomic E-state index is -0.191. The van der Waals surface area contributed by atoms with E-state index < -0.39 is 0 Å². The molecule has 0 radical (unpaired) electrons. The lowest BCUT2D eigenvalue weighted by atomic mass is 9.81. The molecule has 0 aliphatic carbocycles. The third-order valence-electron chi connectivity index (χ3n) is 7.70. The first-order chi connectivity index (χ1) is 16.0. The van der Waals surface area contributed by atoms with E-state index in [1.54, 1.807) is 0 Å². The predicted molar refractivity (Wildman–Crippen MR) is 125 cm³/mol. The summed E-state index contributed by atoms with van der Waals surface area (Å²) in [5.41, 5.74) is 7.59. The minimum absolute atomic E-state index is 0.128. The Bertz CT molecular complexity index is 835. The average Bonchev–Trinajstić information content (AvgIpc) is 3.49. The Morgan fingerprint density at radius 2 is 2.00 bits per heavy atom. The van der Waals surface area contributed by atoms with Gasteiger partial charge in [-0.05, 0) is 51.9 Å². The maximum atomic E-state index is 12.4. The highest BCUT2D eigenvalue weighted by molar-refractivity contribution is 5.68. The van der Waals surface area contributed by atoms with Gasteiger partial charge in [-0.3, -0.25) is 5.43 Å². The van der Waals surface area contributed by atoms with E-state index >= 15 is 0 Å². The van der Waals surface area contributed by atoms with Gasteiger partial charge in [0.1, 0.15) is 5.82 Å². The van der Waals surface area contributed by atoms with Crippen molar-refractivity contribution in [2.45, 2.75) is 88.1 Å². The van der Waals surface area contributed by atoms with Crippen molar-refractivity contribution in [1.82, 2.24) is 25.7 Å². The van der Waals surface area contributed by atoms with Crippen molar-refractivity contribution < 1.29 is 14.3 Å². The summed E-state index contributed by atoms with van der Waals surface area (Å²) in [6.07, 6.45) is 6.96. The third-order valence-corrected chi connectivity index (χ3v) is 7.70. The van der Waals surface area contributed by atoms with Gasteiger partial charge >= 0.3 is 6.09 Å². The maximum absolute atomic E-state index is 12.4. The fraction of sp³-hybridized carbons (Fsp3) is 0.783. The maximum Gasteiger partial charge on any atom is 0.409 e. The number of hydrogen-bond acceptors (Lipinski definition) is 9.